The number of rotatable bonds is 3. The van der Waals surface area contributed by atoms with Crippen LogP contribution < -0.4 is 4.74 Å². The van der Waals surface area contributed by atoms with Gasteiger partial charge >= 0.3 is 6.18 Å². The summed E-state index contributed by atoms with van der Waals surface area (Å²) in [5, 5.41) is 9.07. The van der Waals surface area contributed by atoms with Crippen LogP contribution in [0.3, 0.4) is 0 Å². The van der Waals surface area contributed by atoms with Gasteiger partial charge in [-0.3, -0.25) is 0 Å². The largest absolute Gasteiger partial charge is 0.497 e. The van der Waals surface area contributed by atoms with E-state index in [0.29, 0.717) is 22.6 Å². The molecule has 2 aromatic rings. The topological polar surface area (TPSA) is 42.4 Å². The van der Waals surface area contributed by atoms with E-state index in [2.05, 4.69) is 4.98 Å². The first-order chi connectivity index (χ1) is 8.91. The third-order valence-corrected chi connectivity index (χ3v) is 3.54. The van der Waals surface area contributed by atoms with E-state index in [1.165, 1.54) is 7.11 Å². The lowest BCUT2D eigenvalue weighted by Gasteiger charge is -2.09. The summed E-state index contributed by atoms with van der Waals surface area (Å²) in [6.07, 6.45) is -4.60. The monoisotopic (exact) mass is 289 g/mol. The first-order valence-electron chi connectivity index (χ1n) is 5.26. The molecule has 0 saturated carbocycles. The Morgan fingerprint density at radius 2 is 2.11 bits per heavy atom. The van der Waals surface area contributed by atoms with E-state index in [0.717, 1.165) is 6.20 Å². The van der Waals surface area contributed by atoms with Crippen LogP contribution in [0.25, 0.3) is 0 Å². The van der Waals surface area contributed by atoms with Crippen LogP contribution >= 0.6 is 11.3 Å². The Balaban J connectivity index is 2.28. The van der Waals surface area contributed by atoms with E-state index in [1.807, 2.05) is 0 Å². The number of thiazole rings is 1. The molecule has 0 aliphatic rings. The number of benzene rings is 1. The van der Waals surface area contributed by atoms with E-state index >= 15 is 0 Å². The molecule has 1 atom stereocenters. The highest BCUT2D eigenvalue weighted by Gasteiger charge is 2.35. The average Bonchev–Trinajstić information content (AvgIpc) is 2.87. The Labute approximate surface area is 111 Å². The number of methoxy groups -OCH3 is 1. The van der Waals surface area contributed by atoms with E-state index in [1.54, 1.807) is 24.3 Å². The maximum Gasteiger partial charge on any atom is 0.443 e. The molecule has 0 saturated heterocycles. The minimum atomic E-state index is -4.49. The van der Waals surface area contributed by atoms with Crippen molar-refractivity contribution in [2.45, 2.75) is 12.3 Å². The second-order valence-corrected chi connectivity index (χ2v) is 4.81. The van der Waals surface area contributed by atoms with E-state index in [-0.39, 0.29) is 4.88 Å². The molecule has 0 amide bonds. The van der Waals surface area contributed by atoms with Crippen molar-refractivity contribution < 1.29 is 23.0 Å². The van der Waals surface area contributed by atoms with Crippen LogP contribution in [0.15, 0.2) is 30.5 Å². The quantitative estimate of drug-likeness (QED) is 0.943. The predicted molar refractivity (Wildman–Crippen MR) is 64.2 cm³/mol. The Morgan fingerprint density at radius 3 is 2.68 bits per heavy atom. The third kappa shape index (κ3) is 3.05. The minimum Gasteiger partial charge on any atom is -0.497 e. The average molecular weight is 289 g/mol. The lowest BCUT2D eigenvalue weighted by molar-refractivity contribution is -0.137. The second kappa shape index (κ2) is 5.18. The SMILES string of the molecule is COc1cccc(C(O)c2cnc(C(F)(F)F)s2)c1. The summed E-state index contributed by atoms with van der Waals surface area (Å²) in [6.45, 7) is 0. The standard InChI is InChI=1S/C12H10F3NO2S/c1-18-8-4-2-3-7(5-8)10(17)9-6-16-11(19-9)12(13,14)15/h2-6,10,17H,1H3. The van der Waals surface area contributed by atoms with Gasteiger partial charge in [-0.15, -0.1) is 11.3 Å². The van der Waals surface area contributed by atoms with Gasteiger partial charge < -0.3 is 9.84 Å². The molecule has 0 radical (unpaired) electrons. The zero-order valence-electron chi connectivity index (χ0n) is 9.81. The highest BCUT2D eigenvalue weighted by molar-refractivity contribution is 7.11. The Morgan fingerprint density at radius 1 is 1.37 bits per heavy atom. The van der Waals surface area contributed by atoms with Crippen molar-refractivity contribution in [1.82, 2.24) is 4.98 Å². The molecule has 1 aromatic carbocycles. The fourth-order valence-corrected chi connectivity index (χ4v) is 2.32. The van der Waals surface area contributed by atoms with Gasteiger partial charge in [-0.25, -0.2) is 4.98 Å². The van der Waals surface area contributed by atoms with Gasteiger partial charge in [0.25, 0.3) is 0 Å². The molecule has 7 heteroatoms. The number of hydrogen-bond acceptors (Lipinski definition) is 4. The number of hydrogen-bond donors (Lipinski definition) is 1. The number of nitrogens with zero attached hydrogens (tertiary/aromatic N) is 1. The zero-order chi connectivity index (χ0) is 14.0. The molecule has 1 heterocycles. The van der Waals surface area contributed by atoms with Gasteiger partial charge in [0.1, 0.15) is 11.9 Å². The molecule has 2 rings (SSSR count). The smallest absolute Gasteiger partial charge is 0.443 e. The molecule has 1 unspecified atom stereocenters. The summed E-state index contributed by atoms with van der Waals surface area (Å²) in [5.74, 6) is 0.525. The molecule has 0 bridgehead atoms. The third-order valence-electron chi connectivity index (χ3n) is 2.45. The normalized spacial score (nSPS) is 13.3. The Hall–Kier alpha value is -1.60. The van der Waals surface area contributed by atoms with Crippen molar-refractivity contribution in [3.63, 3.8) is 0 Å². The van der Waals surface area contributed by atoms with Gasteiger partial charge in [0.05, 0.1) is 12.0 Å². The molecule has 1 N–H and O–H groups in total. The van der Waals surface area contributed by atoms with Crippen molar-refractivity contribution in [3.8, 4) is 5.75 Å². The fourth-order valence-electron chi connectivity index (χ4n) is 1.52. The Kier molecular flexibility index (Phi) is 3.77. The maximum absolute atomic E-state index is 12.4. The minimum absolute atomic E-state index is 0.139. The molecule has 3 nitrogen and oxygen atoms in total. The van der Waals surface area contributed by atoms with Crippen LogP contribution in [0.5, 0.6) is 5.75 Å². The van der Waals surface area contributed by atoms with E-state index < -0.39 is 17.3 Å². The molecular formula is C12H10F3NO2S. The molecule has 0 spiro atoms. The van der Waals surface area contributed by atoms with Gasteiger partial charge in [0, 0.05) is 6.20 Å². The summed E-state index contributed by atoms with van der Waals surface area (Å²) in [6, 6.07) is 6.52. The number of ether oxygens (including phenoxy) is 1. The highest BCUT2D eigenvalue weighted by atomic mass is 32.1. The summed E-state index contributed by atoms with van der Waals surface area (Å²) < 4.78 is 42.3. The molecule has 0 aliphatic heterocycles. The lowest BCUT2D eigenvalue weighted by Crippen LogP contribution is -2.03. The molecule has 0 aliphatic carbocycles. The number of halogens is 3. The molecule has 0 fully saturated rings. The number of aliphatic hydroxyl groups is 1. The fraction of sp³-hybridized carbons (Fsp3) is 0.250. The summed E-state index contributed by atoms with van der Waals surface area (Å²) in [5.41, 5.74) is 0.455. The van der Waals surface area contributed by atoms with Gasteiger partial charge in [-0.05, 0) is 17.7 Å². The van der Waals surface area contributed by atoms with Crippen molar-refractivity contribution in [2.24, 2.45) is 0 Å². The van der Waals surface area contributed by atoms with Gasteiger partial charge in [0.15, 0.2) is 5.01 Å². The lowest BCUT2D eigenvalue weighted by atomic mass is 10.1. The van der Waals surface area contributed by atoms with Gasteiger partial charge in [-0.2, -0.15) is 13.2 Å². The molecular weight excluding hydrogens is 279 g/mol. The second-order valence-electron chi connectivity index (χ2n) is 3.74. The molecule has 19 heavy (non-hydrogen) atoms. The van der Waals surface area contributed by atoms with Crippen molar-refractivity contribution in [3.05, 3.63) is 45.9 Å². The predicted octanol–water partition coefficient (Wildman–Crippen LogP) is 3.25. The van der Waals surface area contributed by atoms with Crippen molar-refractivity contribution in [1.29, 1.82) is 0 Å². The number of aliphatic hydroxyl groups excluding tert-OH is 1. The maximum atomic E-state index is 12.4. The zero-order valence-corrected chi connectivity index (χ0v) is 10.6. The van der Waals surface area contributed by atoms with Gasteiger partial charge in [-0.1, -0.05) is 12.1 Å². The van der Waals surface area contributed by atoms with Crippen molar-refractivity contribution in [2.75, 3.05) is 7.11 Å². The summed E-state index contributed by atoms with van der Waals surface area (Å²) >= 11 is 0.429. The van der Waals surface area contributed by atoms with E-state index in [9.17, 15) is 18.3 Å². The van der Waals surface area contributed by atoms with Crippen LogP contribution in [-0.2, 0) is 6.18 Å². The van der Waals surface area contributed by atoms with E-state index in [4.69, 9.17) is 4.74 Å². The first kappa shape index (κ1) is 13.8. The van der Waals surface area contributed by atoms with Crippen LogP contribution in [-0.4, -0.2) is 17.2 Å². The number of alkyl halides is 3. The van der Waals surface area contributed by atoms with Gasteiger partial charge in [0.2, 0.25) is 0 Å². The van der Waals surface area contributed by atoms with Crippen LogP contribution in [0.1, 0.15) is 21.6 Å². The van der Waals surface area contributed by atoms with Crippen molar-refractivity contribution >= 4 is 11.3 Å². The summed E-state index contributed by atoms with van der Waals surface area (Å²) in [4.78, 5) is 3.42. The first-order valence-corrected chi connectivity index (χ1v) is 6.08. The molecule has 1 aromatic heterocycles. The molecule has 102 valence electrons. The Bertz CT molecular complexity index is 568. The summed E-state index contributed by atoms with van der Waals surface area (Å²) in [7, 11) is 1.47. The van der Waals surface area contributed by atoms with Crippen LogP contribution in [0, 0.1) is 0 Å². The van der Waals surface area contributed by atoms with Crippen LogP contribution in [0.2, 0.25) is 0 Å². The highest BCUT2D eigenvalue weighted by Crippen LogP contribution is 2.36. The van der Waals surface area contributed by atoms with Crippen LogP contribution in [0.4, 0.5) is 13.2 Å². The number of aromatic nitrogens is 1.